The summed E-state index contributed by atoms with van der Waals surface area (Å²) >= 11 is 0. The molecule has 0 amide bonds. The highest BCUT2D eigenvalue weighted by atomic mass is 32.3. The fourth-order valence-corrected chi connectivity index (χ4v) is 0.950. The lowest BCUT2D eigenvalue weighted by Gasteiger charge is -1.87. The Hall–Kier alpha value is -0.120. The van der Waals surface area contributed by atoms with Crippen LogP contribution < -0.4 is 0 Å². The molecule has 4 heteroatoms. The molecule has 0 aliphatic carbocycles. The Kier molecular flexibility index (Phi) is 2.97. The molecule has 0 rings (SSSR count). The van der Waals surface area contributed by atoms with E-state index in [0.717, 1.165) is 0 Å². The van der Waals surface area contributed by atoms with Gasteiger partial charge in [0.15, 0.2) is 0 Å². The van der Waals surface area contributed by atoms with Gasteiger partial charge in [0, 0.05) is 0 Å². The highest BCUT2D eigenvalue weighted by molar-refractivity contribution is 7.86. The van der Waals surface area contributed by atoms with Crippen LogP contribution in [0.25, 0.3) is 0 Å². The molecule has 0 fully saturated rings. The second kappa shape index (κ2) is 3.02. The summed E-state index contributed by atoms with van der Waals surface area (Å²) in [5.74, 6) is -0.330. The van der Waals surface area contributed by atoms with E-state index >= 15 is 0 Å². The van der Waals surface area contributed by atoms with Gasteiger partial charge in [-0.1, -0.05) is 13.3 Å². The predicted molar refractivity (Wildman–Crippen MR) is 29.8 cm³/mol. The minimum Gasteiger partial charge on any atom is -0.195 e. The number of unbranched alkanes of at least 4 members (excludes halogenated alkanes) is 1. The van der Waals surface area contributed by atoms with Crippen LogP contribution in [0.15, 0.2) is 0 Å². The zero-order chi connectivity index (χ0) is 6.62. The van der Waals surface area contributed by atoms with Crippen molar-refractivity contribution in [2.75, 3.05) is 5.75 Å². The third-order valence-corrected chi connectivity index (χ3v) is 1.52. The first-order valence-electron chi connectivity index (χ1n) is 2.48. The first kappa shape index (κ1) is 7.88. The number of hydrogen-bond acceptors (Lipinski definition) is 2. The molecule has 0 aliphatic heterocycles. The minimum atomic E-state index is -4.19. The van der Waals surface area contributed by atoms with Gasteiger partial charge in [0.05, 0.1) is 5.75 Å². The fourth-order valence-electron chi connectivity index (χ4n) is 0.317. The van der Waals surface area contributed by atoms with Crippen molar-refractivity contribution in [3.8, 4) is 0 Å². The first-order valence-corrected chi connectivity index (χ1v) is 4.04. The van der Waals surface area contributed by atoms with E-state index < -0.39 is 10.2 Å². The van der Waals surface area contributed by atoms with Gasteiger partial charge in [-0.25, -0.2) is 0 Å². The molecule has 0 aromatic heterocycles. The molecule has 0 spiro atoms. The third kappa shape index (κ3) is 5.88. The second-order valence-corrected chi connectivity index (χ2v) is 3.08. The average Bonchev–Trinajstić information content (AvgIpc) is 1.59. The molecule has 0 unspecified atom stereocenters. The van der Waals surface area contributed by atoms with E-state index in [0.29, 0.717) is 12.8 Å². The zero-order valence-electron chi connectivity index (χ0n) is 4.72. The Bertz CT molecular complexity index is 138. The SMILES string of the molecule is CCCCS(=O)(=O)F. The summed E-state index contributed by atoms with van der Waals surface area (Å²) in [6, 6.07) is 0. The van der Waals surface area contributed by atoms with Crippen molar-refractivity contribution in [1.82, 2.24) is 0 Å². The third-order valence-electron chi connectivity index (χ3n) is 0.742. The summed E-state index contributed by atoms with van der Waals surface area (Å²) in [6.07, 6.45) is 1.13. The zero-order valence-corrected chi connectivity index (χ0v) is 5.54. The lowest BCUT2D eigenvalue weighted by Crippen LogP contribution is -1.96. The van der Waals surface area contributed by atoms with E-state index in [4.69, 9.17) is 0 Å². The molecule has 0 heterocycles. The summed E-state index contributed by atoms with van der Waals surface area (Å²) in [5, 5.41) is 0. The van der Waals surface area contributed by atoms with Crippen LogP contribution in [-0.2, 0) is 10.2 Å². The van der Waals surface area contributed by atoms with E-state index in [1.807, 2.05) is 6.92 Å². The number of rotatable bonds is 3. The van der Waals surface area contributed by atoms with E-state index in [9.17, 15) is 12.3 Å². The molecule has 0 radical (unpaired) electrons. The molecule has 0 N–H and O–H groups in total. The van der Waals surface area contributed by atoms with Gasteiger partial charge in [0.1, 0.15) is 0 Å². The first-order chi connectivity index (χ1) is 3.56. The van der Waals surface area contributed by atoms with Crippen LogP contribution in [0.2, 0.25) is 0 Å². The van der Waals surface area contributed by atoms with Gasteiger partial charge in [0.2, 0.25) is 0 Å². The molecular weight excluding hydrogens is 131 g/mol. The van der Waals surface area contributed by atoms with Crippen molar-refractivity contribution in [1.29, 1.82) is 0 Å². The van der Waals surface area contributed by atoms with Crippen LogP contribution in [-0.4, -0.2) is 14.2 Å². The number of hydrogen-bond donors (Lipinski definition) is 0. The quantitative estimate of drug-likeness (QED) is 0.550. The van der Waals surface area contributed by atoms with E-state index in [1.54, 1.807) is 0 Å². The van der Waals surface area contributed by atoms with Crippen LogP contribution >= 0.6 is 0 Å². The Labute approximate surface area is 48.9 Å². The molecule has 0 bridgehead atoms. The standard InChI is InChI=1S/C4H9FO2S/c1-2-3-4-8(5,6)7/h2-4H2,1H3. The van der Waals surface area contributed by atoms with Crippen LogP contribution in [0, 0.1) is 0 Å². The topological polar surface area (TPSA) is 34.1 Å². The molecule has 50 valence electrons. The van der Waals surface area contributed by atoms with E-state index in [2.05, 4.69) is 0 Å². The maximum Gasteiger partial charge on any atom is 0.302 e. The Balaban J connectivity index is 3.42. The largest absolute Gasteiger partial charge is 0.302 e. The molecule has 0 aromatic carbocycles. The van der Waals surface area contributed by atoms with Gasteiger partial charge in [-0.2, -0.15) is 8.42 Å². The van der Waals surface area contributed by atoms with Gasteiger partial charge in [-0.3, -0.25) is 0 Å². The molecular formula is C4H9FO2S. The van der Waals surface area contributed by atoms with Gasteiger partial charge < -0.3 is 0 Å². The lowest BCUT2D eigenvalue weighted by molar-refractivity contribution is 0.548. The molecule has 0 aromatic rings. The Morgan fingerprint density at radius 1 is 1.50 bits per heavy atom. The average molecular weight is 140 g/mol. The monoisotopic (exact) mass is 140 g/mol. The normalized spacial score (nSPS) is 11.8. The van der Waals surface area contributed by atoms with Gasteiger partial charge in [0.25, 0.3) is 0 Å². The summed E-state index contributed by atoms with van der Waals surface area (Å²) < 4.78 is 31.0. The molecule has 0 atom stereocenters. The second-order valence-electron chi connectivity index (χ2n) is 1.60. The lowest BCUT2D eigenvalue weighted by atomic mass is 10.4. The molecule has 0 saturated heterocycles. The highest BCUT2D eigenvalue weighted by Crippen LogP contribution is 1.95. The minimum absolute atomic E-state index is 0.330. The van der Waals surface area contributed by atoms with Crippen LogP contribution in [0.1, 0.15) is 19.8 Å². The summed E-state index contributed by atoms with van der Waals surface area (Å²) in [6.45, 7) is 1.81. The highest BCUT2D eigenvalue weighted by Gasteiger charge is 2.03. The molecule has 0 aliphatic rings. The summed E-state index contributed by atoms with van der Waals surface area (Å²) in [4.78, 5) is 0. The van der Waals surface area contributed by atoms with Gasteiger partial charge in [-0.15, -0.1) is 3.89 Å². The van der Waals surface area contributed by atoms with Crippen molar-refractivity contribution in [2.45, 2.75) is 19.8 Å². The van der Waals surface area contributed by atoms with E-state index in [1.165, 1.54) is 0 Å². The van der Waals surface area contributed by atoms with E-state index in [-0.39, 0.29) is 5.75 Å². The molecule has 0 saturated carbocycles. The maximum atomic E-state index is 11.5. The fraction of sp³-hybridized carbons (Fsp3) is 1.00. The Morgan fingerprint density at radius 2 is 2.00 bits per heavy atom. The van der Waals surface area contributed by atoms with Gasteiger partial charge >= 0.3 is 10.2 Å². The maximum absolute atomic E-state index is 11.5. The number of halogens is 1. The van der Waals surface area contributed by atoms with Gasteiger partial charge in [-0.05, 0) is 6.42 Å². The van der Waals surface area contributed by atoms with Crippen molar-refractivity contribution >= 4 is 10.2 Å². The molecule has 2 nitrogen and oxygen atoms in total. The Morgan fingerprint density at radius 3 is 2.12 bits per heavy atom. The van der Waals surface area contributed by atoms with Crippen LogP contribution in [0.3, 0.4) is 0 Å². The smallest absolute Gasteiger partial charge is 0.195 e. The van der Waals surface area contributed by atoms with Crippen LogP contribution in [0.4, 0.5) is 3.89 Å². The van der Waals surface area contributed by atoms with Crippen molar-refractivity contribution in [3.63, 3.8) is 0 Å². The molecule has 8 heavy (non-hydrogen) atoms. The summed E-state index contributed by atoms with van der Waals surface area (Å²) in [5.41, 5.74) is 0. The summed E-state index contributed by atoms with van der Waals surface area (Å²) in [7, 11) is -4.19. The van der Waals surface area contributed by atoms with Crippen molar-refractivity contribution < 1.29 is 12.3 Å². The van der Waals surface area contributed by atoms with Crippen LogP contribution in [0.5, 0.6) is 0 Å². The van der Waals surface area contributed by atoms with Crippen molar-refractivity contribution in [2.24, 2.45) is 0 Å². The predicted octanol–water partition coefficient (Wildman–Crippen LogP) is 1.09. The van der Waals surface area contributed by atoms with Crippen molar-refractivity contribution in [3.05, 3.63) is 0 Å².